The number of benzene rings is 2. The van der Waals surface area contributed by atoms with Crippen molar-refractivity contribution in [2.24, 2.45) is 0 Å². The van der Waals surface area contributed by atoms with Gasteiger partial charge in [0.1, 0.15) is 17.5 Å². The van der Waals surface area contributed by atoms with Crippen molar-refractivity contribution in [2.45, 2.75) is 6.92 Å². The Hall–Kier alpha value is -1.62. The van der Waals surface area contributed by atoms with Crippen molar-refractivity contribution in [3.63, 3.8) is 0 Å². The molecule has 0 spiro atoms. The molecule has 0 unspecified atom stereocenters. The molecular weight excluding hydrogens is 321 g/mol. The first-order valence-electron chi connectivity index (χ1n) is 5.36. The van der Waals surface area contributed by atoms with Gasteiger partial charge in [-0.05, 0) is 52.7 Å². The van der Waals surface area contributed by atoms with Crippen LogP contribution in [0.2, 0.25) is 0 Å². The average Bonchev–Trinajstić information content (AvgIpc) is 2.37. The van der Waals surface area contributed by atoms with Crippen LogP contribution in [0.3, 0.4) is 0 Å². The zero-order chi connectivity index (χ0) is 14.2. The summed E-state index contributed by atoms with van der Waals surface area (Å²) in [6, 6.07) is 5.81. The molecule has 2 aromatic carbocycles. The number of carbonyl (C=O) groups excluding carboxylic acids is 1. The molecule has 19 heavy (non-hydrogen) atoms. The molecule has 0 aliphatic carbocycles. The van der Waals surface area contributed by atoms with Gasteiger partial charge in [0.05, 0.1) is 10.0 Å². The highest BCUT2D eigenvalue weighted by Crippen LogP contribution is 2.22. The summed E-state index contributed by atoms with van der Waals surface area (Å²) in [7, 11) is 0. The maximum atomic E-state index is 13.8. The van der Waals surface area contributed by atoms with Gasteiger partial charge in [0, 0.05) is 5.56 Å². The predicted molar refractivity (Wildman–Crippen MR) is 68.6 cm³/mol. The number of rotatable bonds is 2. The van der Waals surface area contributed by atoms with Gasteiger partial charge in [-0.25, -0.2) is 13.2 Å². The maximum absolute atomic E-state index is 13.8. The topological polar surface area (TPSA) is 17.1 Å². The monoisotopic (exact) mass is 328 g/mol. The van der Waals surface area contributed by atoms with E-state index in [1.165, 1.54) is 25.1 Å². The molecule has 0 bridgehead atoms. The van der Waals surface area contributed by atoms with Crippen LogP contribution < -0.4 is 0 Å². The number of hydrogen-bond acceptors (Lipinski definition) is 1. The van der Waals surface area contributed by atoms with Gasteiger partial charge in [-0.1, -0.05) is 6.07 Å². The molecule has 0 N–H and O–H groups in total. The van der Waals surface area contributed by atoms with E-state index in [1.54, 1.807) is 0 Å². The minimum Gasteiger partial charge on any atom is -0.288 e. The molecule has 1 nitrogen and oxygen atoms in total. The standard InChI is InChI=1S/C14H8BrF3O/c1-7-2-5-10(16)12(13(7)18)14(19)8-3-4-9(15)11(17)6-8/h2-6H,1H3. The number of aryl methyl sites for hydroxylation is 1. The van der Waals surface area contributed by atoms with Crippen LogP contribution >= 0.6 is 15.9 Å². The summed E-state index contributed by atoms with van der Waals surface area (Å²) in [6.45, 7) is 1.42. The zero-order valence-electron chi connectivity index (χ0n) is 9.81. The fraction of sp³-hybridized carbons (Fsp3) is 0.0714. The third-order valence-electron chi connectivity index (χ3n) is 2.69. The van der Waals surface area contributed by atoms with Crippen LogP contribution in [0, 0.1) is 24.4 Å². The van der Waals surface area contributed by atoms with E-state index < -0.39 is 28.8 Å². The summed E-state index contributed by atoms with van der Waals surface area (Å²) in [5.74, 6) is -3.44. The summed E-state index contributed by atoms with van der Waals surface area (Å²) in [4.78, 5) is 12.0. The molecule has 0 saturated carbocycles. The Morgan fingerprint density at radius 1 is 1.05 bits per heavy atom. The van der Waals surface area contributed by atoms with Crippen molar-refractivity contribution in [3.05, 3.63) is 68.9 Å². The normalized spacial score (nSPS) is 10.6. The first-order chi connectivity index (χ1) is 8.91. The van der Waals surface area contributed by atoms with Crippen LogP contribution in [-0.2, 0) is 0 Å². The second-order valence-corrected chi connectivity index (χ2v) is 4.87. The highest BCUT2D eigenvalue weighted by Gasteiger charge is 2.21. The number of carbonyl (C=O) groups is 1. The molecule has 2 aromatic rings. The number of ketones is 1. The van der Waals surface area contributed by atoms with Crippen LogP contribution in [-0.4, -0.2) is 5.78 Å². The first kappa shape index (κ1) is 13.8. The molecule has 0 aromatic heterocycles. The van der Waals surface area contributed by atoms with Crippen molar-refractivity contribution < 1.29 is 18.0 Å². The van der Waals surface area contributed by atoms with Crippen LogP contribution in [0.25, 0.3) is 0 Å². The molecule has 0 fully saturated rings. The fourth-order valence-corrected chi connectivity index (χ4v) is 1.89. The predicted octanol–water partition coefficient (Wildman–Crippen LogP) is 4.41. The van der Waals surface area contributed by atoms with E-state index >= 15 is 0 Å². The highest BCUT2D eigenvalue weighted by molar-refractivity contribution is 9.10. The van der Waals surface area contributed by atoms with Crippen LogP contribution in [0.4, 0.5) is 13.2 Å². The molecule has 0 atom stereocenters. The van der Waals surface area contributed by atoms with E-state index in [9.17, 15) is 18.0 Å². The maximum Gasteiger partial charge on any atom is 0.199 e. The van der Waals surface area contributed by atoms with Crippen LogP contribution in [0.1, 0.15) is 21.5 Å². The Kier molecular flexibility index (Phi) is 3.75. The van der Waals surface area contributed by atoms with Crippen molar-refractivity contribution in [1.82, 2.24) is 0 Å². The van der Waals surface area contributed by atoms with E-state index in [0.717, 1.165) is 12.1 Å². The van der Waals surface area contributed by atoms with Gasteiger partial charge in [0.15, 0.2) is 5.78 Å². The van der Waals surface area contributed by atoms with Gasteiger partial charge in [-0.3, -0.25) is 4.79 Å². The lowest BCUT2D eigenvalue weighted by atomic mass is 10.00. The minimum absolute atomic E-state index is 0.107. The fourth-order valence-electron chi connectivity index (χ4n) is 1.65. The van der Waals surface area contributed by atoms with Crippen molar-refractivity contribution in [2.75, 3.05) is 0 Å². The third-order valence-corrected chi connectivity index (χ3v) is 3.34. The Labute approximate surface area is 116 Å². The van der Waals surface area contributed by atoms with Gasteiger partial charge >= 0.3 is 0 Å². The Morgan fingerprint density at radius 2 is 1.74 bits per heavy atom. The molecule has 0 saturated heterocycles. The van der Waals surface area contributed by atoms with Crippen LogP contribution in [0.15, 0.2) is 34.8 Å². The van der Waals surface area contributed by atoms with Crippen molar-refractivity contribution in [1.29, 1.82) is 0 Å². The van der Waals surface area contributed by atoms with Crippen LogP contribution in [0.5, 0.6) is 0 Å². The third kappa shape index (κ3) is 2.56. The summed E-state index contributed by atoms with van der Waals surface area (Å²) in [5.41, 5.74) is -0.617. The highest BCUT2D eigenvalue weighted by atomic mass is 79.9. The smallest absolute Gasteiger partial charge is 0.199 e. The second kappa shape index (κ2) is 5.17. The van der Waals surface area contributed by atoms with Gasteiger partial charge < -0.3 is 0 Å². The number of halogens is 4. The quantitative estimate of drug-likeness (QED) is 0.746. The Bertz CT molecular complexity index is 668. The van der Waals surface area contributed by atoms with Gasteiger partial charge in [-0.2, -0.15) is 0 Å². The van der Waals surface area contributed by atoms with Gasteiger partial charge in [-0.15, -0.1) is 0 Å². The molecule has 5 heteroatoms. The Morgan fingerprint density at radius 3 is 2.37 bits per heavy atom. The molecular formula is C14H8BrF3O. The molecule has 2 rings (SSSR count). The summed E-state index contributed by atoms with van der Waals surface area (Å²) in [5, 5.41) is 0. The van der Waals surface area contributed by atoms with Gasteiger partial charge in [0.2, 0.25) is 0 Å². The lowest BCUT2D eigenvalue weighted by molar-refractivity contribution is 0.103. The second-order valence-electron chi connectivity index (χ2n) is 4.01. The summed E-state index contributed by atoms with van der Waals surface area (Å²) in [6.07, 6.45) is 0. The molecule has 0 aliphatic rings. The van der Waals surface area contributed by atoms with Gasteiger partial charge in [0.25, 0.3) is 0 Å². The largest absolute Gasteiger partial charge is 0.288 e. The van der Waals surface area contributed by atoms with E-state index in [1.807, 2.05) is 0 Å². The summed E-state index contributed by atoms with van der Waals surface area (Å²) >= 11 is 2.94. The molecule has 98 valence electrons. The van der Waals surface area contributed by atoms with Crippen molar-refractivity contribution >= 4 is 21.7 Å². The molecule has 0 heterocycles. The molecule has 0 radical (unpaired) electrons. The van der Waals surface area contributed by atoms with E-state index in [0.29, 0.717) is 0 Å². The lowest BCUT2D eigenvalue weighted by Gasteiger charge is -2.07. The van der Waals surface area contributed by atoms with Crippen molar-refractivity contribution in [3.8, 4) is 0 Å². The Balaban J connectivity index is 2.56. The average molecular weight is 329 g/mol. The molecule has 0 amide bonds. The molecule has 0 aliphatic heterocycles. The van der Waals surface area contributed by atoms with E-state index in [2.05, 4.69) is 15.9 Å². The first-order valence-corrected chi connectivity index (χ1v) is 6.15. The van der Waals surface area contributed by atoms with E-state index in [4.69, 9.17) is 0 Å². The minimum atomic E-state index is -0.962. The van der Waals surface area contributed by atoms with E-state index in [-0.39, 0.29) is 15.6 Å². The SMILES string of the molecule is Cc1ccc(F)c(C(=O)c2ccc(Br)c(F)c2)c1F. The summed E-state index contributed by atoms with van der Waals surface area (Å²) < 4.78 is 40.9. The zero-order valence-corrected chi connectivity index (χ0v) is 11.4. The number of hydrogen-bond donors (Lipinski definition) is 0. The lowest BCUT2D eigenvalue weighted by Crippen LogP contribution is -2.09.